The second kappa shape index (κ2) is 5.33. The molecule has 1 aromatic heterocycles. The van der Waals surface area contributed by atoms with Gasteiger partial charge in [0, 0.05) is 18.3 Å². The molecule has 0 spiro atoms. The van der Waals surface area contributed by atoms with E-state index in [-0.39, 0.29) is 12.1 Å². The topological polar surface area (TPSA) is 42.4 Å². The van der Waals surface area contributed by atoms with Crippen LogP contribution in [0.3, 0.4) is 0 Å². The summed E-state index contributed by atoms with van der Waals surface area (Å²) in [5.41, 5.74) is 8.96. The van der Waals surface area contributed by atoms with Gasteiger partial charge in [-0.1, -0.05) is 25.1 Å². The zero-order valence-corrected chi connectivity index (χ0v) is 12.1. The molecule has 2 heterocycles. The molecule has 0 amide bonds. The van der Waals surface area contributed by atoms with Crippen molar-refractivity contribution in [3.63, 3.8) is 0 Å². The lowest BCUT2D eigenvalue weighted by Crippen LogP contribution is -2.44. The highest BCUT2D eigenvalue weighted by atomic mass is 16.3. The van der Waals surface area contributed by atoms with Crippen molar-refractivity contribution in [1.29, 1.82) is 0 Å². The molecule has 0 saturated heterocycles. The van der Waals surface area contributed by atoms with E-state index in [1.54, 1.807) is 6.26 Å². The highest BCUT2D eigenvalue weighted by Gasteiger charge is 2.31. The number of fused-ring (bicyclic) bond motifs is 1. The normalized spacial score (nSPS) is 21.4. The predicted octanol–water partition coefficient (Wildman–Crippen LogP) is 3.37. The Morgan fingerprint density at radius 1 is 1.25 bits per heavy atom. The fourth-order valence-corrected chi connectivity index (χ4v) is 3.26. The summed E-state index contributed by atoms with van der Waals surface area (Å²) in [7, 11) is 0. The second-order valence-corrected chi connectivity index (χ2v) is 5.91. The third-order valence-corrected chi connectivity index (χ3v) is 4.05. The first-order valence-electron chi connectivity index (χ1n) is 7.30. The van der Waals surface area contributed by atoms with Crippen LogP contribution in [0, 0.1) is 5.92 Å². The summed E-state index contributed by atoms with van der Waals surface area (Å²) >= 11 is 0. The quantitative estimate of drug-likeness (QED) is 0.930. The summed E-state index contributed by atoms with van der Waals surface area (Å²) in [6.07, 6.45) is 2.86. The van der Waals surface area contributed by atoms with Crippen molar-refractivity contribution >= 4 is 5.69 Å². The first-order chi connectivity index (χ1) is 9.66. The van der Waals surface area contributed by atoms with Gasteiger partial charge in [-0.05, 0) is 43.0 Å². The van der Waals surface area contributed by atoms with Gasteiger partial charge < -0.3 is 15.1 Å². The van der Waals surface area contributed by atoms with Gasteiger partial charge in [0.2, 0.25) is 0 Å². The highest BCUT2D eigenvalue weighted by Crippen LogP contribution is 2.37. The Morgan fingerprint density at radius 3 is 2.75 bits per heavy atom. The van der Waals surface area contributed by atoms with Gasteiger partial charge in [-0.3, -0.25) is 0 Å². The van der Waals surface area contributed by atoms with E-state index in [0.717, 1.165) is 18.7 Å². The van der Waals surface area contributed by atoms with E-state index in [9.17, 15) is 0 Å². The first kappa shape index (κ1) is 13.3. The van der Waals surface area contributed by atoms with Crippen LogP contribution in [0.15, 0.2) is 47.1 Å². The minimum absolute atomic E-state index is 0.0134. The van der Waals surface area contributed by atoms with Crippen LogP contribution in [0.2, 0.25) is 0 Å². The van der Waals surface area contributed by atoms with Crippen LogP contribution in [-0.4, -0.2) is 12.6 Å². The SMILES string of the molecule is CC1Cc2ccccc2N(C(c2ccco2)C(C)N)C1. The molecule has 3 rings (SSSR count). The van der Waals surface area contributed by atoms with Crippen LogP contribution in [0.1, 0.15) is 31.2 Å². The summed E-state index contributed by atoms with van der Waals surface area (Å²) in [5.74, 6) is 1.57. The van der Waals surface area contributed by atoms with Crippen molar-refractivity contribution in [3.8, 4) is 0 Å². The Morgan fingerprint density at radius 2 is 2.05 bits per heavy atom. The Balaban J connectivity index is 2.03. The van der Waals surface area contributed by atoms with Crippen LogP contribution in [0.4, 0.5) is 5.69 Å². The summed E-state index contributed by atoms with van der Waals surface area (Å²) in [6.45, 7) is 5.36. The van der Waals surface area contributed by atoms with Gasteiger partial charge in [0.05, 0.1) is 6.26 Å². The fraction of sp³-hybridized carbons (Fsp3) is 0.412. The number of furan rings is 1. The van der Waals surface area contributed by atoms with Crippen molar-refractivity contribution in [1.82, 2.24) is 0 Å². The van der Waals surface area contributed by atoms with Crippen molar-refractivity contribution < 1.29 is 4.42 Å². The van der Waals surface area contributed by atoms with Crippen molar-refractivity contribution in [2.75, 3.05) is 11.4 Å². The molecule has 20 heavy (non-hydrogen) atoms. The molecule has 3 nitrogen and oxygen atoms in total. The highest BCUT2D eigenvalue weighted by molar-refractivity contribution is 5.57. The van der Waals surface area contributed by atoms with Crippen molar-refractivity contribution in [2.45, 2.75) is 32.4 Å². The molecule has 3 unspecified atom stereocenters. The second-order valence-electron chi connectivity index (χ2n) is 5.91. The third kappa shape index (κ3) is 2.34. The number of benzene rings is 1. The van der Waals surface area contributed by atoms with E-state index >= 15 is 0 Å². The maximum absolute atomic E-state index is 6.26. The molecule has 2 N–H and O–H groups in total. The van der Waals surface area contributed by atoms with Crippen LogP contribution in [-0.2, 0) is 6.42 Å². The van der Waals surface area contributed by atoms with Gasteiger partial charge in [-0.25, -0.2) is 0 Å². The van der Waals surface area contributed by atoms with Crippen LogP contribution in [0.25, 0.3) is 0 Å². The minimum Gasteiger partial charge on any atom is -0.467 e. The molecule has 0 bridgehead atoms. The maximum atomic E-state index is 6.26. The number of rotatable bonds is 3. The predicted molar refractivity (Wildman–Crippen MR) is 81.8 cm³/mol. The van der Waals surface area contributed by atoms with E-state index in [0.29, 0.717) is 5.92 Å². The number of nitrogens with two attached hydrogens (primary N) is 1. The van der Waals surface area contributed by atoms with Gasteiger partial charge in [0.1, 0.15) is 11.8 Å². The maximum Gasteiger partial charge on any atom is 0.127 e. The van der Waals surface area contributed by atoms with Gasteiger partial charge in [0.25, 0.3) is 0 Å². The molecule has 0 radical (unpaired) electrons. The smallest absolute Gasteiger partial charge is 0.127 e. The summed E-state index contributed by atoms with van der Waals surface area (Å²) in [4.78, 5) is 2.41. The number of para-hydroxylation sites is 1. The summed E-state index contributed by atoms with van der Waals surface area (Å²) in [6, 6.07) is 12.7. The van der Waals surface area contributed by atoms with E-state index in [4.69, 9.17) is 10.2 Å². The van der Waals surface area contributed by atoms with Gasteiger partial charge in [-0.15, -0.1) is 0 Å². The molecule has 0 fully saturated rings. The van der Waals surface area contributed by atoms with E-state index in [2.05, 4.69) is 43.0 Å². The molecule has 0 saturated carbocycles. The molecule has 106 valence electrons. The zero-order valence-electron chi connectivity index (χ0n) is 12.1. The summed E-state index contributed by atoms with van der Waals surface area (Å²) < 4.78 is 5.64. The molecule has 1 aliphatic heterocycles. The first-order valence-corrected chi connectivity index (χ1v) is 7.30. The molecular weight excluding hydrogens is 248 g/mol. The van der Waals surface area contributed by atoms with Gasteiger partial charge >= 0.3 is 0 Å². The Bertz CT molecular complexity index is 562. The molecule has 0 aliphatic carbocycles. The fourth-order valence-electron chi connectivity index (χ4n) is 3.26. The zero-order chi connectivity index (χ0) is 14.1. The molecule has 1 aliphatic rings. The standard InChI is InChI=1S/C17H22N2O/c1-12-10-14-6-3-4-7-15(14)19(11-12)17(13(2)18)16-8-5-9-20-16/h3-9,12-13,17H,10-11,18H2,1-2H3. The lowest BCUT2D eigenvalue weighted by molar-refractivity contribution is 0.387. The van der Waals surface area contributed by atoms with Crippen molar-refractivity contribution in [2.24, 2.45) is 11.7 Å². The monoisotopic (exact) mass is 270 g/mol. The average molecular weight is 270 g/mol. The van der Waals surface area contributed by atoms with Gasteiger partial charge in [-0.2, -0.15) is 0 Å². The molecule has 2 aromatic rings. The van der Waals surface area contributed by atoms with Crippen LogP contribution in [0.5, 0.6) is 0 Å². The van der Waals surface area contributed by atoms with E-state index in [1.165, 1.54) is 11.3 Å². The number of nitrogens with zero attached hydrogens (tertiary/aromatic N) is 1. The van der Waals surface area contributed by atoms with Crippen LogP contribution >= 0.6 is 0 Å². The summed E-state index contributed by atoms with van der Waals surface area (Å²) in [5, 5.41) is 0. The molecular formula is C17H22N2O. The van der Waals surface area contributed by atoms with Gasteiger partial charge in [0.15, 0.2) is 0 Å². The van der Waals surface area contributed by atoms with Crippen molar-refractivity contribution in [3.05, 3.63) is 54.0 Å². The number of hydrogen-bond acceptors (Lipinski definition) is 3. The Labute approximate surface area is 120 Å². The molecule has 1 aromatic carbocycles. The number of anilines is 1. The van der Waals surface area contributed by atoms with E-state index in [1.807, 2.05) is 12.1 Å². The Kier molecular flexibility index (Phi) is 3.53. The minimum atomic E-state index is 0.0134. The molecule has 3 heteroatoms. The lowest BCUT2D eigenvalue weighted by atomic mass is 9.91. The largest absolute Gasteiger partial charge is 0.467 e. The third-order valence-electron chi connectivity index (χ3n) is 4.05. The van der Waals surface area contributed by atoms with Crippen LogP contribution < -0.4 is 10.6 Å². The average Bonchev–Trinajstić information content (AvgIpc) is 2.92. The van der Waals surface area contributed by atoms with E-state index < -0.39 is 0 Å². The molecule has 3 atom stereocenters. The lowest BCUT2D eigenvalue weighted by Gasteiger charge is -2.41. The Hall–Kier alpha value is -1.74. The number of hydrogen-bond donors (Lipinski definition) is 1.